The van der Waals surface area contributed by atoms with Crippen LogP contribution in [0.4, 0.5) is 5.69 Å². The number of amides is 1. The highest BCUT2D eigenvalue weighted by Gasteiger charge is 2.26. The lowest BCUT2D eigenvalue weighted by molar-refractivity contribution is -0.255. The second-order valence-corrected chi connectivity index (χ2v) is 7.47. The third kappa shape index (κ3) is 4.10. The summed E-state index contributed by atoms with van der Waals surface area (Å²) in [5, 5.41) is 13.5. The molecular formula is C16H15N4O6S-. The van der Waals surface area contributed by atoms with Crippen LogP contribution in [0.25, 0.3) is 0 Å². The Morgan fingerprint density at radius 2 is 1.63 bits per heavy atom. The van der Waals surface area contributed by atoms with E-state index in [1.807, 2.05) is 0 Å². The lowest BCUT2D eigenvalue weighted by Crippen LogP contribution is -2.40. The van der Waals surface area contributed by atoms with E-state index in [0.29, 0.717) is 13.2 Å². The molecule has 1 aliphatic heterocycles. The maximum Gasteiger partial charge on any atom is 0.276 e. The van der Waals surface area contributed by atoms with Crippen molar-refractivity contribution in [3.8, 4) is 0 Å². The zero-order valence-electron chi connectivity index (χ0n) is 14.0. The van der Waals surface area contributed by atoms with E-state index in [1.54, 1.807) is 0 Å². The quantitative estimate of drug-likeness (QED) is 0.692. The standard InChI is InChI=1S/C16H16N4O6S/c21-15(13-14(16(22)23)18-6-5-17-13)19-11-1-3-12(4-2-11)27(24,25)20-7-9-26-10-8-20/h1-6H,7-10H2,(H,19,21)(H,22,23)/p-1. The highest BCUT2D eigenvalue weighted by atomic mass is 32.2. The minimum absolute atomic E-state index is 0.0809. The minimum atomic E-state index is -3.65. The van der Waals surface area contributed by atoms with Crippen LogP contribution in [-0.4, -0.2) is 60.9 Å². The van der Waals surface area contributed by atoms with Crippen molar-refractivity contribution in [2.24, 2.45) is 0 Å². The molecule has 11 heteroatoms. The fourth-order valence-corrected chi connectivity index (χ4v) is 3.90. The van der Waals surface area contributed by atoms with Gasteiger partial charge in [0.15, 0.2) is 5.69 Å². The largest absolute Gasteiger partial charge is 0.543 e. The molecule has 1 aromatic carbocycles. The summed E-state index contributed by atoms with van der Waals surface area (Å²) in [7, 11) is -3.65. The van der Waals surface area contributed by atoms with Crippen molar-refractivity contribution in [1.29, 1.82) is 0 Å². The van der Waals surface area contributed by atoms with Gasteiger partial charge in [0.1, 0.15) is 5.69 Å². The fourth-order valence-electron chi connectivity index (χ4n) is 2.49. The summed E-state index contributed by atoms with van der Waals surface area (Å²) in [5.41, 5.74) is -0.708. The van der Waals surface area contributed by atoms with Gasteiger partial charge in [-0.2, -0.15) is 4.31 Å². The smallest absolute Gasteiger partial charge is 0.276 e. The van der Waals surface area contributed by atoms with Crippen LogP contribution in [0.5, 0.6) is 0 Å². The van der Waals surface area contributed by atoms with Crippen molar-refractivity contribution in [3.63, 3.8) is 0 Å². The molecule has 1 aliphatic rings. The predicted octanol–water partition coefficient (Wildman–Crippen LogP) is -0.887. The number of anilines is 1. The Kier molecular flexibility index (Phi) is 5.44. The van der Waals surface area contributed by atoms with Crippen molar-refractivity contribution in [3.05, 3.63) is 48.0 Å². The lowest BCUT2D eigenvalue weighted by atomic mass is 10.2. The van der Waals surface area contributed by atoms with E-state index in [1.165, 1.54) is 34.8 Å². The normalized spacial score (nSPS) is 15.3. The third-order valence-electron chi connectivity index (χ3n) is 3.83. The lowest BCUT2D eigenvalue weighted by Gasteiger charge is -2.26. The summed E-state index contributed by atoms with van der Waals surface area (Å²) < 4.78 is 31.6. The number of nitrogens with one attached hydrogen (secondary N) is 1. The second-order valence-electron chi connectivity index (χ2n) is 5.54. The van der Waals surface area contributed by atoms with E-state index >= 15 is 0 Å². The topological polar surface area (TPSA) is 142 Å². The molecule has 10 nitrogen and oxygen atoms in total. The Labute approximate surface area is 154 Å². The maximum atomic E-state index is 12.6. The Balaban J connectivity index is 1.76. The molecule has 1 fully saturated rings. The molecule has 0 atom stereocenters. The van der Waals surface area contributed by atoms with Crippen LogP contribution < -0.4 is 10.4 Å². The van der Waals surface area contributed by atoms with Gasteiger partial charge in [0.25, 0.3) is 5.91 Å². The van der Waals surface area contributed by atoms with Crippen molar-refractivity contribution < 1.29 is 27.9 Å². The molecule has 0 radical (unpaired) electrons. The van der Waals surface area contributed by atoms with Crippen LogP contribution in [0, 0.1) is 0 Å². The van der Waals surface area contributed by atoms with Crippen LogP contribution in [-0.2, 0) is 14.8 Å². The Hall–Kier alpha value is -2.89. The van der Waals surface area contributed by atoms with Gasteiger partial charge >= 0.3 is 0 Å². The van der Waals surface area contributed by atoms with Crippen molar-refractivity contribution in [1.82, 2.24) is 14.3 Å². The summed E-state index contributed by atoms with van der Waals surface area (Å²) in [6.45, 7) is 1.23. The molecule has 1 aromatic heterocycles. The number of carbonyl (C=O) groups is 2. The van der Waals surface area contributed by atoms with Crippen LogP contribution in [0.1, 0.15) is 21.0 Å². The van der Waals surface area contributed by atoms with Gasteiger partial charge < -0.3 is 20.0 Å². The van der Waals surface area contributed by atoms with Crippen LogP contribution in [0.15, 0.2) is 41.6 Å². The number of aromatic carboxylic acids is 1. The monoisotopic (exact) mass is 391 g/mol. The number of hydrogen-bond donors (Lipinski definition) is 1. The van der Waals surface area contributed by atoms with E-state index in [4.69, 9.17) is 4.74 Å². The first-order chi connectivity index (χ1) is 12.9. The van der Waals surface area contributed by atoms with E-state index in [2.05, 4.69) is 15.3 Å². The number of ether oxygens (including phenoxy) is 1. The van der Waals surface area contributed by atoms with Gasteiger partial charge in [-0.05, 0) is 24.3 Å². The molecule has 1 N–H and O–H groups in total. The zero-order chi connectivity index (χ0) is 19.4. The highest BCUT2D eigenvalue weighted by Crippen LogP contribution is 2.20. The van der Waals surface area contributed by atoms with E-state index in [9.17, 15) is 23.1 Å². The SMILES string of the molecule is O=C([O-])c1nccnc1C(=O)Nc1ccc(S(=O)(=O)N2CCOCC2)cc1. The van der Waals surface area contributed by atoms with Gasteiger partial charge in [0.2, 0.25) is 10.0 Å². The predicted molar refractivity (Wildman–Crippen MR) is 90.3 cm³/mol. The number of aromatic nitrogens is 2. The fraction of sp³-hybridized carbons (Fsp3) is 0.250. The number of rotatable bonds is 5. The van der Waals surface area contributed by atoms with Crippen molar-refractivity contribution >= 4 is 27.6 Å². The first-order valence-electron chi connectivity index (χ1n) is 7.91. The number of hydrogen-bond acceptors (Lipinski definition) is 8. The number of nitrogens with zero attached hydrogens (tertiary/aromatic N) is 3. The van der Waals surface area contributed by atoms with Crippen molar-refractivity contribution in [2.75, 3.05) is 31.6 Å². The molecule has 2 heterocycles. The highest BCUT2D eigenvalue weighted by molar-refractivity contribution is 7.89. The van der Waals surface area contributed by atoms with Gasteiger partial charge in [-0.15, -0.1) is 0 Å². The number of benzene rings is 1. The Bertz CT molecular complexity index is 955. The van der Waals surface area contributed by atoms with Gasteiger partial charge in [0.05, 0.1) is 24.1 Å². The molecule has 27 heavy (non-hydrogen) atoms. The molecule has 0 saturated carbocycles. The first kappa shape index (κ1) is 18.9. The number of carboxylic acids is 1. The molecule has 1 amide bonds. The van der Waals surface area contributed by atoms with Gasteiger partial charge in [0, 0.05) is 31.2 Å². The van der Waals surface area contributed by atoms with Gasteiger partial charge in [-0.25, -0.2) is 13.4 Å². The number of morpholine rings is 1. The third-order valence-corrected chi connectivity index (χ3v) is 5.74. The molecule has 0 aliphatic carbocycles. The summed E-state index contributed by atoms with van der Waals surface area (Å²) >= 11 is 0. The second kappa shape index (κ2) is 7.78. The number of carboxylic acid groups (broad SMARTS) is 1. The first-order valence-corrected chi connectivity index (χ1v) is 9.35. The van der Waals surface area contributed by atoms with E-state index in [0.717, 1.165) is 6.20 Å². The van der Waals surface area contributed by atoms with Crippen molar-refractivity contribution in [2.45, 2.75) is 4.90 Å². The summed E-state index contributed by atoms with van der Waals surface area (Å²) in [4.78, 5) is 30.6. The van der Waals surface area contributed by atoms with Gasteiger partial charge in [-0.1, -0.05) is 0 Å². The molecular weight excluding hydrogens is 376 g/mol. The molecule has 2 aromatic rings. The zero-order valence-corrected chi connectivity index (χ0v) is 14.8. The molecule has 142 valence electrons. The van der Waals surface area contributed by atoms with Crippen LogP contribution in [0.2, 0.25) is 0 Å². The number of carbonyl (C=O) groups excluding carboxylic acids is 2. The molecule has 0 bridgehead atoms. The molecule has 0 unspecified atom stereocenters. The average molecular weight is 391 g/mol. The van der Waals surface area contributed by atoms with E-state index < -0.39 is 33.3 Å². The number of sulfonamides is 1. The summed E-state index contributed by atoms with van der Waals surface area (Å²) in [6.07, 6.45) is 2.31. The molecule has 0 spiro atoms. The molecule has 1 saturated heterocycles. The Morgan fingerprint density at radius 3 is 2.22 bits per heavy atom. The van der Waals surface area contributed by atoms with E-state index in [-0.39, 0.29) is 23.7 Å². The summed E-state index contributed by atoms with van der Waals surface area (Å²) in [6, 6.07) is 5.52. The van der Waals surface area contributed by atoms with Crippen LogP contribution in [0.3, 0.4) is 0 Å². The Morgan fingerprint density at radius 1 is 1.04 bits per heavy atom. The molecule has 3 rings (SSSR count). The summed E-state index contributed by atoms with van der Waals surface area (Å²) in [5.74, 6) is -2.42. The van der Waals surface area contributed by atoms with Crippen LogP contribution >= 0.6 is 0 Å². The maximum absolute atomic E-state index is 12.6. The average Bonchev–Trinajstić information content (AvgIpc) is 2.69. The minimum Gasteiger partial charge on any atom is -0.543 e. The van der Waals surface area contributed by atoms with Gasteiger partial charge in [-0.3, -0.25) is 9.78 Å².